The molecular weight excluding hydrogens is 328 g/mol. The van der Waals surface area contributed by atoms with E-state index in [0.29, 0.717) is 28.0 Å². The van der Waals surface area contributed by atoms with Crippen LogP contribution in [0.5, 0.6) is 5.75 Å². The molecule has 0 saturated heterocycles. The number of imidazole rings is 1. The number of aromatic nitrogens is 4. The van der Waals surface area contributed by atoms with Crippen LogP contribution in [0.3, 0.4) is 0 Å². The number of hydrogen-bond acceptors (Lipinski definition) is 5. The van der Waals surface area contributed by atoms with Crippen LogP contribution >= 0.6 is 0 Å². The molecule has 0 aliphatic carbocycles. The summed E-state index contributed by atoms with van der Waals surface area (Å²) in [5.74, 6) is 0.670. The Morgan fingerprint density at radius 2 is 2.08 bits per heavy atom. The van der Waals surface area contributed by atoms with Crippen molar-refractivity contribution in [2.75, 3.05) is 7.11 Å². The maximum absolute atomic E-state index is 9.65. The van der Waals surface area contributed by atoms with Gasteiger partial charge in [-0.2, -0.15) is 5.26 Å². The molecule has 0 aliphatic rings. The van der Waals surface area contributed by atoms with Crippen molar-refractivity contribution >= 4 is 22.1 Å². The predicted molar refractivity (Wildman–Crippen MR) is 98.8 cm³/mol. The SMILES string of the molecule is COc1cc(C)c2[nH]ccc2c1C(C)(N)c1c(C#N)cnc2[nH]cnc12. The Morgan fingerprint density at radius 1 is 1.27 bits per heavy atom. The number of nitriles is 1. The Balaban J connectivity index is 2.13. The average molecular weight is 346 g/mol. The zero-order valence-electron chi connectivity index (χ0n) is 14.7. The number of benzene rings is 1. The third kappa shape index (κ3) is 2.09. The number of ether oxygens (including phenoxy) is 1. The lowest BCUT2D eigenvalue weighted by Crippen LogP contribution is -2.36. The molecule has 0 aliphatic heterocycles. The van der Waals surface area contributed by atoms with Crippen LogP contribution in [0, 0.1) is 18.3 Å². The summed E-state index contributed by atoms with van der Waals surface area (Å²) >= 11 is 0. The number of aryl methyl sites for hydroxylation is 1. The van der Waals surface area contributed by atoms with Crippen molar-refractivity contribution in [1.82, 2.24) is 19.9 Å². The molecule has 0 amide bonds. The van der Waals surface area contributed by atoms with Crippen molar-refractivity contribution < 1.29 is 4.74 Å². The minimum atomic E-state index is -1.03. The minimum absolute atomic E-state index is 0.390. The van der Waals surface area contributed by atoms with Gasteiger partial charge in [-0.3, -0.25) is 0 Å². The molecule has 0 fully saturated rings. The van der Waals surface area contributed by atoms with Crippen molar-refractivity contribution in [3.8, 4) is 11.8 Å². The second-order valence-corrected chi connectivity index (χ2v) is 6.50. The second kappa shape index (κ2) is 5.58. The quantitative estimate of drug-likeness (QED) is 0.527. The van der Waals surface area contributed by atoms with Crippen molar-refractivity contribution in [3.05, 3.63) is 53.1 Å². The van der Waals surface area contributed by atoms with Crippen LogP contribution < -0.4 is 10.5 Å². The summed E-state index contributed by atoms with van der Waals surface area (Å²) in [6.45, 7) is 3.88. The largest absolute Gasteiger partial charge is 0.496 e. The zero-order valence-corrected chi connectivity index (χ0v) is 14.7. The molecule has 0 bridgehead atoms. The summed E-state index contributed by atoms with van der Waals surface area (Å²) < 4.78 is 5.66. The number of fused-ring (bicyclic) bond motifs is 2. The van der Waals surface area contributed by atoms with E-state index in [-0.39, 0.29) is 0 Å². The number of methoxy groups -OCH3 is 1. The van der Waals surface area contributed by atoms with Gasteiger partial charge in [-0.25, -0.2) is 9.97 Å². The van der Waals surface area contributed by atoms with Crippen LogP contribution in [0.1, 0.15) is 29.2 Å². The standard InChI is InChI=1S/C19H18N6O/c1-10-6-13(26-3)15(12-4-5-22-16(10)12)19(2,21)14-11(7-20)8-23-18-17(14)24-9-25-18/h4-6,8-9,22H,21H2,1-3H3,(H,23,24,25). The summed E-state index contributed by atoms with van der Waals surface area (Å²) in [7, 11) is 1.62. The fourth-order valence-corrected chi connectivity index (χ4v) is 3.70. The molecule has 4 rings (SSSR count). The number of hydrogen-bond donors (Lipinski definition) is 3. The highest BCUT2D eigenvalue weighted by Crippen LogP contribution is 2.42. The molecule has 1 unspecified atom stereocenters. The topological polar surface area (TPSA) is 116 Å². The van der Waals surface area contributed by atoms with Gasteiger partial charge in [0, 0.05) is 34.4 Å². The number of pyridine rings is 1. The highest BCUT2D eigenvalue weighted by molar-refractivity contribution is 5.91. The van der Waals surface area contributed by atoms with Gasteiger partial charge in [-0.05, 0) is 31.5 Å². The first kappa shape index (κ1) is 16.1. The molecule has 4 aromatic rings. The van der Waals surface area contributed by atoms with E-state index < -0.39 is 5.54 Å². The monoisotopic (exact) mass is 346 g/mol. The fourth-order valence-electron chi connectivity index (χ4n) is 3.70. The lowest BCUT2D eigenvalue weighted by atomic mass is 9.80. The number of H-pyrrole nitrogens is 2. The van der Waals surface area contributed by atoms with Gasteiger partial charge < -0.3 is 20.4 Å². The van der Waals surface area contributed by atoms with Crippen LogP contribution in [-0.2, 0) is 5.54 Å². The van der Waals surface area contributed by atoms with Crippen molar-refractivity contribution in [2.45, 2.75) is 19.4 Å². The maximum atomic E-state index is 9.65. The van der Waals surface area contributed by atoms with Gasteiger partial charge in [-0.1, -0.05) is 0 Å². The molecule has 0 spiro atoms. The summed E-state index contributed by atoms with van der Waals surface area (Å²) in [5, 5.41) is 10.6. The van der Waals surface area contributed by atoms with E-state index >= 15 is 0 Å². The van der Waals surface area contributed by atoms with Gasteiger partial charge in [0.25, 0.3) is 0 Å². The van der Waals surface area contributed by atoms with E-state index in [0.717, 1.165) is 22.0 Å². The summed E-state index contributed by atoms with van der Waals surface area (Å²) in [4.78, 5) is 14.9. The average Bonchev–Trinajstić information content (AvgIpc) is 3.29. The first-order valence-corrected chi connectivity index (χ1v) is 8.15. The molecule has 0 radical (unpaired) electrons. The molecule has 7 heteroatoms. The van der Waals surface area contributed by atoms with Gasteiger partial charge in [-0.15, -0.1) is 0 Å². The summed E-state index contributed by atoms with van der Waals surface area (Å²) in [6.07, 6.45) is 4.95. The fraction of sp³-hybridized carbons (Fsp3) is 0.211. The van der Waals surface area contributed by atoms with Gasteiger partial charge in [0.2, 0.25) is 0 Å². The lowest BCUT2D eigenvalue weighted by molar-refractivity contribution is 0.400. The first-order valence-electron chi connectivity index (χ1n) is 8.15. The van der Waals surface area contributed by atoms with Crippen LogP contribution in [0.4, 0.5) is 0 Å². The number of nitrogens with zero attached hydrogens (tertiary/aromatic N) is 3. The molecule has 1 atom stereocenters. The number of nitrogens with one attached hydrogen (secondary N) is 2. The van der Waals surface area contributed by atoms with Crippen molar-refractivity contribution in [3.63, 3.8) is 0 Å². The first-order chi connectivity index (χ1) is 12.5. The van der Waals surface area contributed by atoms with Crippen LogP contribution in [-0.4, -0.2) is 27.0 Å². The Kier molecular flexibility index (Phi) is 3.46. The number of rotatable bonds is 3. The van der Waals surface area contributed by atoms with Crippen LogP contribution in [0.2, 0.25) is 0 Å². The van der Waals surface area contributed by atoms with Gasteiger partial charge in [0.15, 0.2) is 5.65 Å². The number of nitrogens with two attached hydrogens (primary N) is 1. The van der Waals surface area contributed by atoms with Gasteiger partial charge >= 0.3 is 0 Å². The smallest absolute Gasteiger partial charge is 0.157 e. The van der Waals surface area contributed by atoms with Crippen molar-refractivity contribution in [1.29, 1.82) is 5.26 Å². The van der Waals surface area contributed by atoms with Crippen molar-refractivity contribution in [2.24, 2.45) is 5.73 Å². The molecule has 0 saturated carbocycles. The van der Waals surface area contributed by atoms with Gasteiger partial charge in [0.1, 0.15) is 17.3 Å². The van der Waals surface area contributed by atoms with E-state index in [2.05, 4.69) is 26.0 Å². The van der Waals surface area contributed by atoms with E-state index in [1.165, 1.54) is 6.20 Å². The predicted octanol–water partition coefficient (Wildman–Crippen LogP) is 2.85. The molecular formula is C19H18N6O. The second-order valence-electron chi connectivity index (χ2n) is 6.50. The lowest BCUT2D eigenvalue weighted by Gasteiger charge is -2.29. The Hall–Kier alpha value is -3.37. The molecule has 3 aromatic heterocycles. The maximum Gasteiger partial charge on any atom is 0.157 e. The van der Waals surface area contributed by atoms with E-state index in [4.69, 9.17) is 10.5 Å². The summed E-state index contributed by atoms with van der Waals surface area (Å²) in [6, 6.07) is 6.12. The molecule has 1 aromatic carbocycles. The summed E-state index contributed by atoms with van der Waals surface area (Å²) in [5.41, 5.74) is 10.9. The van der Waals surface area contributed by atoms with E-state index in [1.54, 1.807) is 13.4 Å². The minimum Gasteiger partial charge on any atom is -0.496 e. The van der Waals surface area contributed by atoms with E-state index in [9.17, 15) is 5.26 Å². The van der Waals surface area contributed by atoms with E-state index in [1.807, 2.05) is 32.2 Å². The van der Waals surface area contributed by atoms with Gasteiger partial charge in [0.05, 0.1) is 24.5 Å². The highest BCUT2D eigenvalue weighted by atomic mass is 16.5. The molecule has 130 valence electrons. The normalized spacial score (nSPS) is 13.7. The van der Waals surface area contributed by atoms with Crippen LogP contribution in [0.15, 0.2) is 30.9 Å². The highest BCUT2D eigenvalue weighted by Gasteiger charge is 2.35. The zero-order chi connectivity index (χ0) is 18.5. The molecule has 4 N–H and O–H groups in total. The Bertz CT molecular complexity index is 1180. The molecule has 3 heterocycles. The van der Waals surface area contributed by atoms with Crippen LogP contribution in [0.25, 0.3) is 22.1 Å². The number of aromatic amines is 2. The third-order valence-electron chi connectivity index (χ3n) is 4.83. The molecule has 26 heavy (non-hydrogen) atoms. The Labute approximate surface area is 149 Å². The molecule has 7 nitrogen and oxygen atoms in total. The third-order valence-corrected chi connectivity index (χ3v) is 4.83. The Morgan fingerprint density at radius 3 is 2.81 bits per heavy atom.